The van der Waals surface area contributed by atoms with Crippen molar-refractivity contribution in [2.75, 3.05) is 20.1 Å². The Labute approximate surface area is 183 Å². The lowest BCUT2D eigenvalue weighted by Gasteiger charge is -2.28. The van der Waals surface area contributed by atoms with Gasteiger partial charge in [0.05, 0.1) is 17.9 Å². The molecule has 162 valence electrons. The average molecular weight is 418 g/mol. The molecule has 31 heavy (non-hydrogen) atoms. The van der Waals surface area contributed by atoms with Gasteiger partial charge in [0.15, 0.2) is 0 Å². The molecule has 4 heterocycles. The molecule has 0 bridgehead atoms. The average Bonchev–Trinajstić information content (AvgIpc) is 3.30. The van der Waals surface area contributed by atoms with E-state index in [1.807, 2.05) is 18.6 Å². The Bertz CT molecular complexity index is 1060. The minimum atomic E-state index is 0.227. The third-order valence-electron chi connectivity index (χ3n) is 7.04. The van der Waals surface area contributed by atoms with Crippen molar-refractivity contribution >= 4 is 16.6 Å². The molecule has 3 aromatic rings. The number of carbonyl (C=O) groups is 1. The Morgan fingerprint density at radius 1 is 0.968 bits per heavy atom. The maximum atomic E-state index is 12.7. The molecule has 3 aromatic heterocycles. The fourth-order valence-electron chi connectivity index (χ4n) is 5.02. The lowest BCUT2D eigenvalue weighted by molar-refractivity contribution is -0.123. The highest BCUT2D eigenvalue weighted by atomic mass is 16.1. The van der Waals surface area contributed by atoms with Gasteiger partial charge in [0.1, 0.15) is 5.78 Å². The highest BCUT2D eigenvalue weighted by Gasteiger charge is 2.22. The molecule has 1 aliphatic heterocycles. The van der Waals surface area contributed by atoms with E-state index in [9.17, 15) is 4.79 Å². The number of Topliss-reactive ketones (excluding diaryl/α,β-unsaturated/α-hetero) is 1. The van der Waals surface area contributed by atoms with Crippen molar-refractivity contribution in [2.45, 2.75) is 57.4 Å². The topological polar surface area (TPSA) is 63.9 Å². The molecular weight excluding hydrogens is 386 g/mol. The van der Waals surface area contributed by atoms with Gasteiger partial charge in [-0.25, -0.2) is 0 Å². The van der Waals surface area contributed by atoms with Gasteiger partial charge in [0.2, 0.25) is 0 Å². The molecule has 1 aliphatic carbocycles. The van der Waals surface area contributed by atoms with E-state index in [1.54, 1.807) is 0 Å². The monoisotopic (exact) mass is 417 g/mol. The van der Waals surface area contributed by atoms with Crippen molar-refractivity contribution in [1.82, 2.24) is 24.6 Å². The third kappa shape index (κ3) is 4.54. The van der Waals surface area contributed by atoms with Crippen LogP contribution >= 0.6 is 0 Å². The molecule has 0 atom stereocenters. The third-order valence-corrected chi connectivity index (χ3v) is 7.04. The van der Waals surface area contributed by atoms with Gasteiger partial charge in [-0.3, -0.25) is 19.4 Å². The minimum Gasteiger partial charge on any atom is -0.306 e. The molecule has 0 radical (unpaired) electrons. The predicted molar refractivity (Wildman–Crippen MR) is 122 cm³/mol. The number of carbonyl (C=O) groups excluding carboxylic acids is 1. The van der Waals surface area contributed by atoms with E-state index >= 15 is 0 Å². The summed E-state index contributed by atoms with van der Waals surface area (Å²) in [7, 11) is 2.18. The standard InChI is InChI=1S/C25H31N5O/c1-29-9-7-23(8-10-29)30-17-21(16-28-30)24-12-19-11-22(26-14-20(19)15-27-24)13-25(31)18-5-3-2-4-6-18/h11-12,14-18,23H,2-10,13H2,1H3. The fourth-order valence-corrected chi connectivity index (χ4v) is 5.02. The van der Waals surface area contributed by atoms with E-state index in [4.69, 9.17) is 0 Å². The van der Waals surface area contributed by atoms with Gasteiger partial charge in [-0.1, -0.05) is 19.3 Å². The molecule has 6 nitrogen and oxygen atoms in total. The number of rotatable bonds is 5. The zero-order chi connectivity index (χ0) is 21.2. The molecule has 0 N–H and O–H groups in total. The molecule has 5 rings (SSSR count). The van der Waals surface area contributed by atoms with Gasteiger partial charge in [-0.15, -0.1) is 0 Å². The second-order valence-electron chi connectivity index (χ2n) is 9.31. The molecule has 0 aromatic carbocycles. The van der Waals surface area contributed by atoms with Crippen LogP contribution in [0.3, 0.4) is 0 Å². The van der Waals surface area contributed by atoms with Crippen molar-refractivity contribution in [3.05, 3.63) is 42.6 Å². The first-order chi connectivity index (χ1) is 15.2. The van der Waals surface area contributed by atoms with Crippen LogP contribution in [0.1, 0.15) is 56.7 Å². The Kier molecular flexibility index (Phi) is 5.81. The molecule has 0 spiro atoms. The normalized spacial score (nSPS) is 19.1. The fraction of sp³-hybridized carbons (Fsp3) is 0.520. The molecule has 0 amide bonds. The lowest BCUT2D eigenvalue weighted by Crippen LogP contribution is -2.31. The van der Waals surface area contributed by atoms with Crippen LogP contribution in [0.25, 0.3) is 22.0 Å². The van der Waals surface area contributed by atoms with E-state index in [2.05, 4.69) is 50.0 Å². The summed E-state index contributed by atoms with van der Waals surface area (Å²) >= 11 is 0. The van der Waals surface area contributed by atoms with E-state index in [0.29, 0.717) is 18.2 Å². The SMILES string of the molecule is CN1CCC(n2cc(-c3cc4cc(CC(=O)C5CCCCC5)ncc4cn3)cn2)CC1. The number of fused-ring (bicyclic) bond motifs is 1. The summed E-state index contributed by atoms with van der Waals surface area (Å²) in [5.41, 5.74) is 2.82. The molecular formula is C25H31N5O. The lowest BCUT2D eigenvalue weighted by atomic mass is 9.85. The number of hydrogen-bond acceptors (Lipinski definition) is 5. The quantitative estimate of drug-likeness (QED) is 0.614. The zero-order valence-corrected chi connectivity index (χ0v) is 18.3. The number of likely N-dealkylation sites (tertiary alicyclic amines) is 1. The van der Waals surface area contributed by atoms with Crippen molar-refractivity contribution in [3.8, 4) is 11.3 Å². The Morgan fingerprint density at radius 2 is 1.74 bits per heavy atom. The van der Waals surface area contributed by atoms with Gasteiger partial charge in [-0.2, -0.15) is 5.10 Å². The highest BCUT2D eigenvalue weighted by Crippen LogP contribution is 2.27. The first kappa shape index (κ1) is 20.3. The van der Waals surface area contributed by atoms with Crippen LogP contribution in [0.15, 0.2) is 36.9 Å². The van der Waals surface area contributed by atoms with E-state index in [1.165, 1.54) is 19.3 Å². The number of nitrogens with zero attached hydrogens (tertiary/aromatic N) is 5. The van der Waals surface area contributed by atoms with E-state index in [0.717, 1.165) is 66.5 Å². The Morgan fingerprint density at radius 3 is 2.55 bits per heavy atom. The summed E-state index contributed by atoms with van der Waals surface area (Å²) in [5.74, 6) is 0.574. The molecule has 6 heteroatoms. The van der Waals surface area contributed by atoms with Crippen LogP contribution < -0.4 is 0 Å². The Hall–Kier alpha value is -2.60. The number of ketones is 1. The molecule has 1 saturated heterocycles. The van der Waals surface area contributed by atoms with Gasteiger partial charge in [0.25, 0.3) is 0 Å². The molecule has 1 saturated carbocycles. The van der Waals surface area contributed by atoms with Gasteiger partial charge < -0.3 is 4.90 Å². The van der Waals surface area contributed by atoms with Crippen LogP contribution in [0, 0.1) is 5.92 Å². The number of aromatic nitrogens is 4. The smallest absolute Gasteiger partial charge is 0.141 e. The number of pyridine rings is 2. The second-order valence-corrected chi connectivity index (χ2v) is 9.31. The van der Waals surface area contributed by atoms with Gasteiger partial charge in [0, 0.05) is 47.6 Å². The zero-order valence-electron chi connectivity index (χ0n) is 18.3. The van der Waals surface area contributed by atoms with Crippen LogP contribution in [-0.4, -0.2) is 50.6 Å². The Balaban J connectivity index is 1.34. The predicted octanol–water partition coefficient (Wildman–Crippen LogP) is 4.45. The number of hydrogen-bond donors (Lipinski definition) is 0. The molecule has 0 unspecified atom stereocenters. The summed E-state index contributed by atoms with van der Waals surface area (Å²) in [6, 6.07) is 4.62. The van der Waals surface area contributed by atoms with Crippen molar-refractivity contribution in [1.29, 1.82) is 0 Å². The second kappa shape index (κ2) is 8.87. The van der Waals surface area contributed by atoms with Gasteiger partial charge >= 0.3 is 0 Å². The first-order valence-electron chi connectivity index (χ1n) is 11.7. The molecule has 2 fully saturated rings. The first-order valence-corrected chi connectivity index (χ1v) is 11.7. The summed E-state index contributed by atoms with van der Waals surface area (Å²) in [4.78, 5) is 24.2. The van der Waals surface area contributed by atoms with Crippen LogP contribution in [0.2, 0.25) is 0 Å². The van der Waals surface area contributed by atoms with Crippen molar-refractivity contribution < 1.29 is 4.79 Å². The maximum Gasteiger partial charge on any atom is 0.141 e. The summed E-state index contributed by atoms with van der Waals surface area (Å²) < 4.78 is 2.11. The van der Waals surface area contributed by atoms with E-state index < -0.39 is 0 Å². The van der Waals surface area contributed by atoms with Crippen molar-refractivity contribution in [2.24, 2.45) is 5.92 Å². The summed E-state index contributed by atoms with van der Waals surface area (Å²) in [6.07, 6.45) is 16.2. The largest absolute Gasteiger partial charge is 0.306 e. The number of piperidine rings is 1. The van der Waals surface area contributed by atoms with E-state index in [-0.39, 0.29) is 5.92 Å². The van der Waals surface area contributed by atoms with Crippen LogP contribution in [0.4, 0.5) is 0 Å². The van der Waals surface area contributed by atoms with Crippen molar-refractivity contribution in [3.63, 3.8) is 0 Å². The highest BCUT2D eigenvalue weighted by molar-refractivity contribution is 5.87. The van der Waals surface area contributed by atoms with Crippen LogP contribution in [-0.2, 0) is 11.2 Å². The summed E-state index contributed by atoms with van der Waals surface area (Å²) in [6.45, 7) is 2.23. The maximum absolute atomic E-state index is 12.7. The minimum absolute atomic E-state index is 0.227. The van der Waals surface area contributed by atoms with Gasteiger partial charge in [-0.05, 0) is 63.3 Å². The van der Waals surface area contributed by atoms with Crippen LogP contribution in [0.5, 0.6) is 0 Å². The summed E-state index contributed by atoms with van der Waals surface area (Å²) in [5, 5.41) is 6.71. The molecule has 2 aliphatic rings.